The molecule has 0 fully saturated rings. The van der Waals surface area contributed by atoms with E-state index in [2.05, 4.69) is 15.9 Å². The summed E-state index contributed by atoms with van der Waals surface area (Å²) in [6.45, 7) is 4.69. The minimum atomic E-state index is -1.23. The van der Waals surface area contributed by atoms with Crippen molar-refractivity contribution in [3.8, 4) is 0 Å². The average molecular weight is 345 g/mol. The van der Waals surface area contributed by atoms with Crippen LogP contribution in [0.3, 0.4) is 0 Å². The monoisotopic (exact) mass is 344 g/mol. The topological polar surface area (TPSA) is 66.8 Å². The van der Waals surface area contributed by atoms with Crippen LogP contribution < -0.4 is 0 Å². The van der Waals surface area contributed by atoms with Crippen molar-refractivity contribution in [2.75, 3.05) is 13.2 Å². The number of halogens is 1. The molecule has 4 nitrogen and oxygen atoms in total. The molecule has 1 aromatic rings. The van der Waals surface area contributed by atoms with Crippen LogP contribution in [-0.4, -0.2) is 35.0 Å². The van der Waals surface area contributed by atoms with E-state index in [1.165, 1.54) is 0 Å². The maximum Gasteiger partial charge on any atom is 0.319 e. The van der Waals surface area contributed by atoms with Crippen molar-refractivity contribution >= 4 is 21.9 Å². The number of aliphatic hydroxyl groups is 2. The molecule has 1 aromatic carbocycles. The zero-order valence-corrected chi connectivity index (χ0v) is 13.6. The molecule has 0 aliphatic heterocycles. The first-order valence-electron chi connectivity index (χ1n) is 6.46. The van der Waals surface area contributed by atoms with Gasteiger partial charge < -0.3 is 14.9 Å². The molecule has 1 atom stereocenters. The lowest BCUT2D eigenvalue weighted by molar-refractivity contribution is -0.165. The third-order valence-electron chi connectivity index (χ3n) is 2.99. The molecule has 0 heterocycles. The van der Waals surface area contributed by atoms with Gasteiger partial charge in [0.1, 0.15) is 11.0 Å². The van der Waals surface area contributed by atoms with Crippen LogP contribution in [0.1, 0.15) is 32.8 Å². The van der Waals surface area contributed by atoms with E-state index in [-0.39, 0.29) is 13.0 Å². The summed E-state index contributed by atoms with van der Waals surface area (Å²) in [4.78, 5) is 12.5. The van der Waals surface area contributed by atoms with Crippen LogP contribution >= 0.6 is 15.9 Å². The number of carbonyl (C=O) groups is 1. The van der Waals surface area contributed by atoms with E-state index >= 15 is 0 Å². The molecule has 0 aromatic heterocycles. The summed E-state index contributed by atoms with van der Waals surface area (Å²) in [5, 5.41) is 19.0. The molecular formula is C15H21BrO4. The van der Waals surface area contributed by atoms with Crippen molar-refractivity contribution in [2.45, 2.75) is 38.2 Å². The number of hydrogen-bond acceptors (Lipinski definition) is 4. The summed E-state index contributed by atoms with van der Waals surface area (Å²) in [6.07, 6.45) is 0.111. The summed E-state index contributed by atoms with van der Waals surface area (Å²) < 4.78 is 6.29. The quantitative estimate of drug-likeness (QED) is 0.805. The zero-order valence-electron chi connectivity index (χ0n) is 12.0. The summed E-state index contributed by atoms with van der Waals surface area (Å²) >= 11 is 3.33. The highest BCUT2D eigenvalue weighted by molar-refractivity contribution is 9.10. The molecule has 1 rings (SSSR count). The van der Waals surface area contributed by atoms with Gasteiger partial charge in [0.15, 0.2) is 0 Å². The van der Waals surface area contributed by atoms with E-state index in [1.54, 1.807) is 45.0 Å². The highest BCUT2D eigenvalue weighted by atomic mass is 79.9. The predicted molar refractivity (Wildman–Crippen MR) is 80.5 cm³/mol. The van der Waals surface area contributed by atoms with E-state index in [0.717, 1.165) is 4.47 Å². The van der Waals surface area contributed by atoms with Crippen molar-refractivity contribution in [3.05, 3.63) is 34.3 Å². The normalized spacial score (nSPS) is 14.7. The molecule has 20 heavy (non-hydrogen) atoms. The van der Waals surface area contributed by atoms with E-state index in [0.29, 0.717) is 5.56 Å². The Bertz CT molecular complexity index is 450. The van der Waals surface area contributed by atoms with Crippen molar-refractivity contribution in [1.82, 2.24) is 0 Å². The Morgan fingerprint density at radius 3 is 2.15 bits per heavy atom. The maximum absolute atomic E-state index is 12.5. The molecular weight excluding hydrogens is 324 g/mol. The number of hydrogen-bond donors (Lipinski definition) is 2. The van der Waals surface area contributed by atoms with Crippen LogP contribution in [0.25, 0.3) is 0 Å². The second-order valence-electron chi connectivity index (χ2n) is 5.72. The van der Waals surface area contributed by atoms with Gasteiger partial charge >= 0.3 is 5.97 Å². The van der Waals surface area contributed by atoms with Gasteiger partial charge in [-0.3, -0.25) is 4.79 Å². The summed E-state index contributed by atoms with van der Waals surface area (Å²) in [5.74, 6) is -0.524. The number of rotatable bonds is 5. The van der Waals surface area contributed by atoms with Crippen LogP contribution in [0.15, 0.2) is 28.7 Å². The first-order chi connectivity index (χ1) is 9.25. The standard InChI is InChI=1S/C15H21BrO4/c1-14(2,3)20-13(19)15(10-18,8-9-17)11-4-6-12(16)7-5-11/h4-7,17-18H,8-10H2,1-3H3. The van der Waals surface area contributed by atoms with E-state index < -0.39 is 23.6 Å². The van der Waals surface area contributed by atoms with E-state index in [4.69, 9.17) is 4.74 Å². The van der Waals surface area contributed by atoms with Gasteiger partial charge in [-0.05, 0) is 44.9 Å². The molecule has 1 unspecified atom stereocenters. The lowest BCUT2D eigenvalue weighted by Crippen LogP contribution is -2.44. The first-order valence-corrected chi connectivity index (χ1v) is 7.26. The van der Waals surface area contributed by atoms with Gasteiger partial charge in [0.05, 0.1) is 6.61 Å². The van der Waals surface area contributed by atoms with Crippen LogP contribution in [0, 0.1) is 0 Å². The first kappa shape index (κ1) is 17.1. The fraction of sp³-hybridized carbons (Fsp3) is 0.533. The molecule has 0 aliphatic rings. The van der Waals surface area contributed by atoms with Crippen molar-refractivity contribution in [3.63, 3.8) is 0 Å². The fourth-order valence-corrected chi connectivity index (χ4v) is 2.20. The van der Waals surface area contributed by atoms with Gasteiger partial charge in [-0.25, -0.2) is 0 Å². The molecule has 0 spiro atoms. The third-order valence-corrected chi connectivity index (χ3v) is 3.52. The molecule has 2 N–H and O–H groups in total. The number of ether oxygens (including phenoxy) is 1. The van der Waals surface area contributed by atoms with Gasteiger partial charge in [0.25, 0.3) is 0 Å². The SMILES string of the molecule is CC(C)(C)OC(=O)C(CO)(CCO)c1ccc(Br)cc1. The highest BCUT2D eigenvalue weighted by Gasteiger charge is 2.42. The Kier molecular flexibility index (Phi) is 5.74. The fourth-order valence-electron chi connectivity index (χ4n) is 1.93. The number of esters is 1. The molecule has 0 amide bonds. The zero-order chi connectivity index (χ0) is 15.4. The Hall–Kier alpha value is -0.910. The Morgan fingerprint density at radius 1 is 1.20 bits per heavy atom. The average Bonchev–Trinajstić information content (AvgIpc) is 2.35. The summed E-state index contributed by atoms with van der Waals surface area (Å²) in [7, 11) is 0. The molecule has 0 aliphatic carbocycles. The second kappa shape index (κ2) is 6.70. The van der Waals surface area contributed by atoms with Gasteiger partial charge in [-0.15, -0.1) is 0 Å². The van der Waals surface area contributed by atoms with E-state index in [1.807, 2.05) is 0 Å². The lowest BCUT2D eigenvalue weighted by atomic mass is 9.78. The summed E-state index contributed by atoms with van der Waals surface area (Å²) in [5.41, 5.74) is -1.25. The minimum Gasteiger partial charge on any atom is -0.459 e. The number of benzene rings is 1. The Morgan fingerprint density at radius 2 is 1.75 bits per heavy atom. The van der Waals surface area contributed by atoms with Crippen molar-refractivity contribution in [1.29, 1.82) is 0 Å². The van der Waals surface area contributed by atoms with Gasteiger partial charge in [-0.1, -0.05) is 28.1 Å². The summed E-state index contributed by atoms with van der Waals surface area (Å²) in [6, 6.07) is 7.09. The number of aliphatic hydroxyl groups excluding tert-OH is 2. The molecule has 5 heteroatoms. The molecule has 0 bridgehead atoms. The highest BCUT2D eigenvalue weighted by Crippen LogP contribution is 2.32. The minimum absolute atomic E-state index is 0.111. The third kappa shape index (κ3) is 4.04. The van der Waals surface area contributed by atoms with Crippen molar-refractivity contribution < 1.29 is 19.7 Å². The second-order valence-corrected chi connectivity index (χ2v) is 6.64. The predicted octanol–water partition coefficient (Wildman–Crippen LogP) is 2.40. The lowest BCUT2D eigenvalue weighted by Gasteiger charge is -2.33. The van der Waals surface area contributed by atoms with Gasteiger partial charge in [-0.2, -0.15) is 0 Å². The van der Waals surface area contributed by atoms with Crippen LogP contribution in [0.4, 0.5) is 0 Å². The Labute approximate surface area is 127 Å². The van der Waals surface area contributed by atoms with E-state index in [9.17, 15) is 15.0 Å². The van der Waals surface area contributed by atoms with Crippen molar-refractivity contribution in [2.24, 2.45) is 0 Å². The number of carbonyl (C=O) groups excluding carboxylic acids is 1. The van der Waals surface area contributed by atoms with Gasteiger partial charge in [0.2, 0.25) is 0 Å². The van der Waals surface area contributed by atoms with Crippen LogP contribution in [0.2, 0.25) is 0 Å². The van der Waals surface area contributed by atoms with Gasteiger partial charge in [0, 0.05) is 11.1 Å². The largest absolute Gasteiger partial charge is 0.459 e. The van der Waals surface area contributed by atoms with Crippen LogP contribution in [-0.2, 0) is 14.9 Å². The molecule has 0 saturated carbocycles. The maximum atomic E-state index is 12.5. The molecule has 0 saturated heterocycles. The Balaban J connectivity index is 3.21. The molecule has 0 radical (unpaired) electrons. The molecule has 112 valence electrons. The smallest absolute Gasteiger partial charge is 0.319 e. The van der Waals surface area contributed by atoms with Crippen LogP contribution in [0.5, 0.6) is 0 Å².